The molecule has 0 saturated heterocycles. The molecule has 0 spiro atoms. The quantitative estimate of drug-likeness (QED) is 0.507. The summed E-state index contributed by atoms with van der Waals surface area (Å²) in [5.41, 5.74) is 0.846. The lowest BCUT2D eigenvalue weighted by Gasteiger charge is -2.25. The number of nitrogens with zero attached hydrogens (tertiary/aromatic N) is 1. The predicted molar refractivity (Wildman–Crippen MR) is 113 cm³/mol. The predicted octanol–water partition coefficient (Wildman–Crippen LogP) is 4.36. The Hall–Kier alpha value is -3.53. The van der Waals surface area contributed by atoms with E-state index in [-0.39, 0.29) is 33.6 Å². The summed E-state index contributed by atoms with van der Waals surface area (Å²) in [6, 6.07) is 8.60. The van der Waals surface area contributed by atoms with Gasteiger partial charge >= 0.3 is 5.97 Å². The average molecular weight is 406 g/mol. The van der Waals surface area contributed by atoms with Gasteiger partial charge in [0, 0.05) is 12.1 Å². The summed E-state index contributed by atoms with van der Waals surface area (Å²) < 4.78 is 16.2. The number of anilines is 1. The van der Waals surface area contributed by atoms with Crippen LogP contribution in [0.5, 0.6) is 5.75 Å². The third kappa shape index (κ3) is 3.35. The van der Waals surface area contributed by atoms with Gasteiger partial charge in [0.05, 0.1) is 41.8 Å². The van der Waals surface area contributed by atoms with E-state index in [0.29, 0.717) is 22.4 Å². The van der Waals surface area contributed by atoms with Gasteiger partial charge in [-0.05, 0) is 31.0 Å². The van der Waals surface area contributed by atoms with Crippen LogP contribution in [0.25, 0.3) is 21.9 Å². The zero-order valence-electron chi connectivity index (χ0n) is 16.9. The van der Waals surface area contributed by atoms with Crippen LogP contribution in [0, 0.1) is 11.3 Å². The number of hydrogen-bond donors (Lipinski definition) is 1. The number of hydrogen-bond acceptors (Lipinski definition) is 7. The number of nitriles is 1. The maximum Gasteiger partial charge on any atom is 0.338 e. The lowest BCUT2D eigenvalue weighted by atomic mass is 9.94. The first-order valence-corrected chi connectivity index (χ1v) is 9.94. The van der Waals surface area contributed by atoms with Crippen molar-refractivity contribution in [1.82, 2.24) is 0 Å². The Kier molecular flexibility index (Phi) is 5.32. The molecule has 30 heavy (non-hydrogen) atoms. The summed E-state index contributed by atoms with van der Waals surface area (Å²) in [5, 5.41) is 13.6. The number of ether oxygens (including phenoxy) is 2. The Morgan fingerprint density at radius 2 is 1.97 bits per heavy atom. The highest BCUT2D eigenvalue weighted by Crippen LogP contribution is 2.34. The van der Waals surface area contributed by atoms with E-state index in [1.54, 1.807) is 18.2 Å². The minimum absolute atomic E-state index is 0.0183. The number of rotatable bonds is 4. The van der Waals surface area contributed by atoms with Crippen molar-refractivity contribution in [3.05, 3.63) is 45.6 Å². The van der Waals surface area contributed by atoms with Crippen molar-refractivity contribution in [2.45, 2.75) is 38.1 Å². The van der Waals surface area contributed by atoms with Gasteiger partial charge in [-0.2, -0.15) is 5.26 Å². The van der Waals surface area contributed by atoms with Crippen LogP contribution >= 0.6 is 0 Å². The minimum atomic E-state index is -0.694. The topological polar surface area (TPSA) is 102 Å². The van der Waals surface area contributed by atoms with E-state index < -0.39 is 5.97 Å². The van der Waals surface area contributed by atoms with Crippen molar-refractivity contribution in [1.29, 1.82) is 5.26 Å². The van der Waals surface area contributed by atoms with Crippen molar-refractivity contribution in [2.75, 3.05) is 19.5 Å². The number of carbonyl (C=O) groups excluding carboxylic acids is 1. The summed E-state index contributed by atoms with van der Waals surface area (Å²) in [5.74, 6) is -0.155. The first-order valence-electron chi connectivity index (χ1n) is 9.94. The molecule has 1 aliphatic carbocycles. The monoisotopic (exact) mass is 406 g/mol. The van der Waals surface area contributed by atoms with Gasteiger partial charge in [0.1, 0.15) is 17.4 Å². The normalized spacial score (nSPS) is 14.4. The molecule has 1 aliphatic rings. The third-order valence-electron chi connectivity index (χ3n) is 5.63. The molecule has 1 N–H and O–H groups in total. The van der Waals surface area contributed by atoms with E-state index in [1.165, 1.54) is 26.7 Å². The highest BCUT2D eigenvalue weighted by Gasteiger charge is 2.25. The Balaban J connectivity index is 2.06. The second-order valence-electron chi connectivity index (χ2n) is 7.43. The molecule has 0 aliphatic heterocycles. The van der Waals surface area contributed by atoms with Crippen molar-refractivity contribution in [3.8, 4) is 11.8 Å². The van der Waals surface area contributed by atoms with Crippen molar-refractivity contribution >= 4 is 33.6 Å². The van der Waals surface area contributed by atoms with Gasteiger partial charge in [-0.25, -0.2) is 4.79 Å². The van der Waals surface area contributed by atoms with Crippen LogP contribution in [0.1, 0.15) is 48.0 Å². The van der Waals surface area contributed by atoms with Crippen molar-refractivity contribution in [3.63, 3.8) is 0 Å². The van der Waals surface area contributed by atoms with Crippen LogP contribution in [0.3, 0.4) is 0 Å². The molecule has 0 unspecified atom stereocenters. The van der Waals surface area contributed by atoms with Gasteiger partial charge in [0.2, 0.25) is 5.43 Å². The van der Waals surface area contributed by atoms with Crippen molar-refractivity contribution in [2.24, 2.45) is 0 Å². The van der Waals surface area contributed by atoms with E-state index in [0.717, 1.165) is 25.7 Å². The van der Waals surface area contributed by atoms with Gasteiger partial charge in [-0.1, -0.05) is 19.3 Å². The summed E-state index contributed by atoms with van der Waals surface area (Å²) in [7, 11) is 2.77. The second-order valence-corrected chi connectivity index (χ2v) is 7.43. The first-order chi connectivity index (χ1) is 14.6. The molecular weight excluding hydrogens is 384 g/mol. The van der Waals surface area contributed by atoms with Gasteiger partial charge in [-0.15, -0.1) is 0 Å². The molecule has 0 atom stereocenters. The number of benzene rings is 2. The molecule has 0 bridgehead atoms. The Morgan fingerprint density at radius 3 is 2.63 bits per heavy atom. The van der Waals surface area contributed by atoms with Crippen LogP contribution in [-0.2, 0) is 4.74 Å². The van der Waals surface area contributed by atoms with Gasteiger partial charge in [-0.3, -0.25) is 4.79 Å². The molecule has 4 rings (SSSR count). The maximum absolute atomic E-state index is 13.4. The highest BCUT2D eigenvalue weighted by molar-refractivity contribution is 6.10. The lowest BCUT2D eigenvalue weighted by molar-refractivity contribution is 0.0603. The van der Waals surface area contributed by atoms with E-state index in [2.05, 4.69) is 11.4 Å². The molecule has 7 heteroatoms. The summed E-state index contributed by atoms with van der Waals surface area (Å²) >= 11 is 0. The number of nitrogens with one attached hydrogen (secondary N) is 1. The van der Waals surface area contributed by atoms with Crippen LogP contribution < -0.4 is 15.5 Å². The Labute approximate surface area is 173 Å². The number of carbonyl (C=O) groups is 1. The molecule has 1 saturated carbocycles. The zero-order chi connectivity index (χ0) is 21.3. The van der Waals surface area contributed by atoms with E-state index in [9.17, 15) is 14.9 Å². The molecule has 0 amide bonds. The highest BCUT2D eigenvalue weighted by atomic mass is 16.5. The van der Waals surface area contributed by atoms with Gasteiger partial charge in [0.25, 0.3) is 0 Å². The average Bonchev–Trinajstić information content (AvgIpc) is 2.79. The van der Waals surface area contributed by atoms with Crippen LogP contribution in [0.15, 0.2) is 33.5 Å². The van der Waals surface area contributed by atoms with Gasteiger partial charge in [0.15, 0.2) is 5.58 Å². The van der Waals surface area contributed by atoms with Crippen LogP contribution in [0.2, 0.25) is 0 Å². The largest absolute Gasteiger partial charge is 0.497 e. The summed E-state index contributed by atoms with van der Waals surface area (Å²) in [6.45, 7) is 0. The molecule has 3 aromatic rings. The van der Waals surface area contributed by atoms with Gasteiger partial charge < -0.3 is 19.2 Å². The molecule has 0 radical (unpaired) electrons. The number of fused-ring (bicyclic) bond motifs is 2. The van der Waals surface area contributed by atoms with E-state index >= 15 is 0 Å². The molecule has 154 valence electrons. The fourth-order valence-corrected chi connectivity index (χ4v) is 4.09. The Bertz CT molecular complexity index is 1230. The lowest BCUT2D eigenvalue weighted by Crippen LogP contribution is -2.23. The SMILES string of the molecule is COC(=O)c1cc(C#N)c(NC2CCCCC2)c2oc3cc(OC)ccc3c(=O)c12. The summed E-state index contributed by atoms with van der Waals surface area (Å²) in [6.07, 6.45) is 5.32. The van der Waals surface area contributed by atoms with Crippen LogP contribution in [-0.4, -0.2) is 26.2 Å². The zero-order valence-corrected chi connectivity index (χ0v) is 16.9. The standard InChI is InChI=1S/C23H22N2O5/c1-28-15-8-9-16-18(11-15)30-22-19(21(16)26)17(23(27)29-2)10-13(12-24)20(22)25-14-6-4-3-5-7-14/h8-11,14,25H,3-7H2,1-2H3. The smallest absolute Gasteiger partial charge is 0.338 e. The van der Waals surface area contributed by atoms with E-state index in [4.69, 9.17) is 13.9 Å². The minimum Gasteiger partial charge on any atom is -0.497 e. The summed E-state index contributed by atoms with van der Waals surface area (Å²) in [4.78, 5) is 25.8. The molecule has 7 nitrogen and oxygen atoms in total. The molecule has 1 aromatic heterocycles. The third-order valence-corrected chi connectivity index (χ3v) is 5.63. The second kappa shape index (κ2) is 8.07. The molecule has 2 aromatic carbocycles. The molecule has 1 heterocycles. The molecule has 1 fully saturated rings. The number of methoxy groups -OCH3 is 2. The first kappa shape index (κ1) is 19.8. The maximum atomic E-state index is 13.4. The van der Waals surface area contributed by atoms with E-state index in [1.807, 2.05) is 0 Å². The number of esters is 1. The fraction of sp³-hybridized carbons (Fsp3) is 0.348. The molecular formula is C23H22N2O5. The van der Waals surface area contributed by atoms with Crippen molar-refractivity contribution < 1.29 is 18.7 Å². The Morgan fingerprint density at radius 1 is 1.20 bits per heavy atom. The van der Waals surface area contributed by atoms with Crippen LogP contribution in [0.4, 0.5) is 5.69 Å². The fourth-order valence-electron chi connectivity index (χ4n) is 4.09.